The molecule has 0 unspecified atom stereocenters. The molecule has 0 heteroatoms. The van der Waals surface area contributed by atoms with Crippen LogP contribution in [0.5, 0.6) is 0 Å². The highest BCUT2D eigenvalue weighted by Crippen LogP contribution is 2.13. The molecule has 0 fully saturated rings. The summed E-state index contributed by atoms with van der Waals surface area (Å²) in [5.41, 5.74) is 2.42. The quantitative estimate of drug-likeness (QED) is 0.560. The van der Waals surface area contributed by atoms with Crippen molar-refractivity contribution >= 4 is 0 Å². The van der Waals surface area contributed by atoms with E-state index in [4.69, 9.17) is 0 Å². The molecule has 13 heavy (non-hydrogen) atoms. The topological polar surface area (TPSA) is 0 Å². The van der Waals surface area contributed by atoms with E-state index in [-0.39, 0.29) is 0 Å². The second-order valence-electron chi connectivity index (χ2n) is 2.60. The van der Waals surface area contributed by atoms with Gasteiger partial charge in [0.05, 0.1) is 0 Å². The summed E-state index contributed by atoms with van der Waals surface area (Å²) in [4.78, 5) is 0. The van der Waals surface area contributed by atoms with Crippen LogP contribution in [-0.4, -0.2) is 0 Å². The first-order valence-corrected chi connectivity index (χ1v) is 4.54. The molecule has 0 spiro atoms. The lowest BCUT2D eigenvalue weighted by Crippen LogP contribution is -1.81. The van der Waals surface area contributed by atoms with E-state index in [2.05, 4.69) is 24.8 Å². The molecular formula is C13H18. The fourth-order valence-electron chi connectivity index (χ4n) is 1.09. The summed E-state index contributed by atoms with van der Waals surface area (Å²) in [6.45, 7) is 9.77. The average Bonchev–Trinajstić information content (AvgIpc) is 2.14. The summed E-state index contributed by atoms with van der Waals surface area (Å²) in [6, 6.07) is 0. The summed E-state index contributed by atoms with van der Waals surface area (Å²) in [6.07, 6.45) is 14.2. The molecule has 0 saturated carbocycles. The largest absolute Gasteiger partial charge is 0.0990 e. The second-order valence-corrected chi connectivity index (χ2v) is 2.60. The van der Waals surface area contributed by atoms with Crippen LogP contribution in [0.3, 0.4) is 0 Å². The lowest BCUT2D eigenvalue weighted by atomic mass is 10.0. The van der Waals surface area contributed by atoms with Crippen LogP contribution in [0.25, 0.3) is 0 Å². The molecule has 0 aromatic rings. The minimum atomic E-state index is 1.19. The number of rotatable bonds is 4. The van der Waals surface area contributed by atoms with Crippen LogP contribution in [-0.2, 0) is 0 Å². The SMILES string of the molecule is C=C/C=C(/C=C\C)C(\C=C/C)=C\C. The Labute approximate surface area is 81.7 Å². The Morgan fingerprint density at radius 2 is 1.46 bits per heavy atom. The third-order valence-corrected chi connectivity index (χ3v) is 1.63. The second kappa shape index (κ2) is 7.35. The molecule has 0 saturated heterocycles. The van der Waals surface area contributed by atoms with Crippen molar-refractivity contribution < 1.29 is 0 Å². The first-order valence-electron chi connectivity index (χ1n) is 4.54. The predicted octanol–water partition coefficient (Wildman–Crippen LogP) is 4.20. The lowest BCUT2D eigenvalue weighted by molar-refractivity contribution is 1.47. The van der Waals surface area contributed by atoms with E-state index >= 15 is 0 Å². The standard InChI is InChI=1S/C13H18/c1-5-9-12(8-4)13(10-6-2)11-7-3/h5-11H,2H2,1,3-4H3/b9-5-,11-7-,12-8+,13-10-. The predicted molar refractivity (Wildman–Crippen MR) is 61.7 cm³/mol. The molecule has 0 nitrogen and oxygen atoms in total. The van der Waals surface area contributed by atoms with Gasteiger partial charge in [0.15, 0.2) is 0 Å². The van der Waals surface area contributed by atoms with Gasteiger partial charge >= 0.3 is 0 Å². The first kappa shape index (κ1) is 11.7. The van der Waals surface area contributed by atoms with Crippen molar-refractivity contribution in [1.29, 1.82) is 0 Å². The Kier molecular flexibility index (Phi) is 6.62. The molecular weight excluding hydrogens is 156 g/mol. The number of hydrogen-bond donors (Lipinski definition) is 0. The summed E-state index contributed by atoms with van der Waals surface area (Å²) in [7, 11) is 0. The zero-order valence-electron chi connectivity index (χ0n) is 8.75. The third kappa shape index (κ3) is 4.32. The van der Waals surface area contributed by atoms with Gasteiger partial charge in [0, 0.05) is 0 Å². The molecule has 70 valence electrons. The van der Waals surface area contributed by atoms with Crippen molar-refractivity contribution in [3.8, 4) is 0 Å². The molecule has 0 radical (unpaired) electrons. The fraction of sp³-hybridized carbons (Fsp3) is 0.231. The Morgan fingerprint density at radius 3 is 1.85 bits per heavy atom. The smallest absolute Gasteiger partial charge is 0.0191 e. The Hall–Kier alpha value is -1.30. The zero-order chi connectivity index (χ0) is 10.1. The summed E-state index contributed by atoms with van der Waals surface area (Å²) < 4.78 is 0. The number of allylic oxidation sites excluding steroid dienone is 9. The first-order chi connectivity index (χ1) is 6.29. The lowest BCUT2D eigenvalue weighted by Gasteiger charge is -2.01. The van der Waals surface area contributed by atoms with Gasteiger partial charge in [-0.25, -0.2) is 0 Å². The van der Waals surface area contributed by atoms with Gasteiger partial charge in [0.25, 0.3) is 0 Å². The molecule has 0 heterocycles. The minimum Gasteiger partial charge on any atom is -0.0990 e. The van der Waals surface area contributed by atoms with Crippen molar-refractivity contribution in [1.82, 2.24) is 0 Å². The molecule has 0 aliphatic carbocycles. The van der Waals surface area contributed by atoms with Gasteiger partial charge in [-0.2, -0.15) is 0 Å². The molecule has 0 aromatic carbocycles. The van der Waals surface area contributed by atoms with Crippen molar-refractivity contribution in [3.63, 3.8) is 0 Å². The van der Waals surface area contributed by atoms with Gasteiger partial charge in [-0.05, 0) is 31.9 Å². The van der Waals surface area contributed by atoms with Crippen LogP contribution < -0.4 is 0 Å². The van der Waals surface area contributed by atoms with Crippen molar-refractivity contribution in [3.05, 3.63) is 60.3 Å². The maximum atomic E-state index is 3.70. The van der Waals surface area contributed by atoms with E-state index in [9.17, 15) is 0 Å². The Balaban J connectivity index is 4.92. The van der Waals surface area contributed by atoms with Gasteiger partial charge < -0.3 is 0 Å². The molecule has 0 aliphatic rings. The number of hydrogen-bond acceptors (Lipinski definition) is 0. The van der Waals surface area contributed by atoms with Gasteiger partial charge in [-0.15, -0.1) is 0 Å². The van der Waals surface area contributed by atoms with E-state index in [1.54, 1.807) is 0 Å². The average molecular weight is 174 g/mol. The van der Waals surface area contributed by atoms with Crippen LogP contribution in [0.4, 0.5) is 0 Å². The molecule has 0 atom stereocenters. The normalized spacial score (nSPS) is 14.4. The highest BCUT2D eigenvalue weighted by molar-refractivity contribution is 5.47. The van der Waals surface area contributed by atoms with E-state index in [1.807, 2.05) is 45.1 Å². The summed E-state index contributed by atoms with van der Waals surface area (Å²) in [5, 5.41) is 0. The Bertz CT molecular complexity index is 260. The highest BCUT2D eigenvalue weighted by atomic mass is 14.0. The molecule has 0 amide bonds. The van der Waals surface area contributed by atoms with Crippen molar-refractivity contribution in [2.45, 2.75) is 20.8 Å². The molecule has 0 N–H and O–H groups in total. The monoisotopic (exact) mass is 174 g/mol. The Morgan fingerprint density at radius 1 is 0.923 bits per heavy atom. The van der Waals surface area contributed by atoms with Gasteiger partial charge in [0.1, 0.15) is 0 Å². The molecule has 0 aromatic heterocycles. The van der Waals surface area contributed by atoms with E-state index in [0.717, 1.165) is 0 Å². The molecule has 0 rings (SSSR count). The van der Waals surface area contributed by atoms with Crippen molar-refractivity contribution in [2.75, 3.05) is 0 Å². The minimum absolute atomic E-state index is 1.19. The van der Waals surface area contributed by atoms with Gasteiger partial charge in [-0.1, -0.05) is 49.1 Å². The van der Waals surface area contributed by atoms with Gasteiger partial charge in [0.2, 0.25) is 0 Å². The zero-order valence-corrected chi connectivity index (χ0v) is 8.75. The summed E-state index contributed by atoms with van der Waals surface area (Å²) in [5.74, 6) is 0. The van der Waals surface area contributed by atoms with Crippen LogP contribution in [0.2, 0.25) is 0 Å². The van der Waals surface area contributed by atoms with E-state index in [1.165, 1.54) is 11.1 Å². The van der Waals surface area contributed by atoms with Crippen LogP contribution in [0, 0.1) is 0 Å². The van der Waals surface area contributed by atoms with Crippen LogP contribution in [0.1, 0.15) is 20.8 Å². The molecule has 0 bridgehead atoms. The fourth-order valence-corrected chi connectivity index (χ4v) is 1.09. The maximum Gasteiger partial charge on any atom is -0.0191 e. The van der Waals surface area contributed by atoms with Crippen LogP contribution >= 0.6 is 0 Å². The highest BCUT2D eigenvalue weighted by Gasteiger charge is 1.93. The van der Waals surface area contributed by atoms with Crippen molar-refractivity contribution in [2.24, 2.45) is 0 Å². The van der Waals surface area contributed by atoms with Gasteiger partial charge in [-0.3, -0.25) is 0 Å². The third-order valence-electron chi connectivity index (χ3n) is 1.63. The van der Waals surface area contributed by atoms with E-state index < -0.39 is 0 Å². The van der Waals surface area contributed by atoms with E-state index in [0.29, 0.717) is 0 Å². The summed E-state index contributed by atoms with van der Waals surface area (Å²) >= 11 is 0. The van der Waals surface area contributed by atoms with Crippen LogP contribution in [0.15, 0.2) is 60.3 Å². The molecule has 0 aliphatic heterocycles. The maximum absolute atomic E-state index is 3.70.